The fourth-order valence-corrected chi connectivity index (χ4v) is 3.55. The van der Waals surface area contributed by atoms with E-state index in [9.17, 15) is 9.90 Å². The van der Waals surface area contributed by atoms with Crippen molar-refractivity contribution in [2.45, 2.75) is 6.92 Å². The first-order valence-corrected chi connectivity index (χ1v) is 10.6. The molecule has 0 saturated carbocycles. The van der Waals surface area contributed by atoms with E-state index in [1.165, 1.54) is 0 Å². The monoisotopic (exact) mass is 486 g/mol. The number of aryl methyl sites for hydroxylation is 1. The van der Waals surface area contributed by atoms with Crippen molar-refractivity contribution < 1.29 is 9.90 Å². The Hall–Kier alpha value is -3.84. The van der Waals surface area contributed by atoms with Crippen LogP contribution in [0.4, 0.5) is 11.6 Å². The second-order valence-corrected chi connectivity index (χ2v) is 7.90. The highest BCUT2D eigenvalue weighted by Gasteiger charge is 2.14. The topological polar surface area (TPSA) is 88.0 Å². The number of carboxylic acid groups (broad SMARTS) is 1. The summed E-state index contributed by atoms with van der Waals surface area (Å²) >= 11 is 3.47. The van der Waals surface area contributed by atoms with E-state index in [-0.39, 0.29) is 5.57 Å². The molecule has 32 heavy (non-hydrogen) atoms. The molecule has 0 aliphatic heterocycles. The maximum absolute atomic E-state index is 12.0. The Balaban J connectivity index is 1.69. The van der Waals surface area contributed by atoms with Crippen molar-refractivity contribution in [3.05, 3.63) is 100 Å². The van der Waals surface area contributed by atoms with E-state index in [0.29, 0.717) is 11.5 Å². The van der Waals surface area contributed by atoms with Gasteiger partial charge in [-0.2, -0.15) is 0 Å². The molecular weight excluding hydrogens is 468 g/mol. The number of aromatic nitrogens is 3. The number of rotatable bonds is 6. The average molecular weight is 487 g/mol. The zero-order valence-electron chi connectivity index (χ0n) is 17.2. The van der Waals surface area contributed by atoms with Gasteiger partial charge in [0.25, 0.3) is 0 Å². The Labute approximate surface area is 193 Å². The Kier molecular flexibility index (Phi) is 6.37. The molecule has 0 aliphatic rings. The highest BCUT2D eigenvalue weighted by atomic mass is 79.9. The third kappa shape index (κ3) is 4.90. The largest absolute Gasteiger partial charge is 0.478 e. The van der Waals surface area contributed by atoms with Crippen LogP contribution >= 0.6 is 15.9 Å². The minimum atomic E-state index is -1.01. The Morgan fingerprint density at radius 1 is 1.06 bits per heavy atom. The minimum Gasteiger partial charge on any atom is -0.478 e. The summed E-state index contributed by atoms with van der Waals surface area (Å²) < 4.78 is 0.824. The van der Waals surface area contributed by atoms with Gasteiger partial charge >= 0.3 is 5.97 Å². The van der Waals surface area contributed by atoms with Crippen molar-refractivity contribution >= 4 is 45.2 Å². The number of nitrogens with zero attached hydrogens (tertiary/aromatic N) is 3. The van der Waals surface area contributed by atoms with Crippen LogP contribution in [-0.4, -0.2) is 26.0 Å². The predicted octanol–water partition coefficient (Wildman–Crippen LogP) is 5.98. The van der Waals surface area contributed by atoms with E-state index in [0.717, 1.165) is 32.5 Å². The third-order valence-electron chi connectivity index (χ3n) is 4.84. The van der Waals surface area contributed by atoms with Crippen molar-refractivity contribution in [2.75, 3.05) is 5.32 Å². The van der Waals surface area contributed by atoms with E-state index in [4.69, 9.17) is 0 Å². The number of pyridine rings is 1. The van der Waals surface area contributed by atoms with E-state index >= 15 is 0 Å². The smallest absolute Gasteiger partial charge is 0.336 e. The molecule has 0 aliphatic carbocycles. The van der Waals surface area contributed by atoms with E-state index in [2.05, 4.69) is 36.2 Å². The molecule has 0 spiro atoms. The molecular formula is C25H19BrN4O2. The number of halogens is 1. The van der Waals surface area contributed by atoms with Crippen molar-refractivity contribution in [3.63, 3.8) is 0 Å². The summed E-state index contributed by atoms with van der Waals surface area (Å²) in [5.41, 5.74) is 4.83. The summed E-state index contributed by atoms with van der Waals surface area (Å²) in [7, 11) is 0. The van der Waals surface area contributed by atoms with Gasteiger partial charge in [0.1, 0.15) is 0 Å². The molecule has 4 rings (SSSR count). The van der Waals surface area contributed by atoms with Gasteiger partial charge in [0.05, 0.1) is 11.3 Å². The lowest BCUT2D eigenvalue weighted by atomic mass is 10.0. The molecule has 2 aromatic carbocycles. The van der Waals surface area contributed by atoms with Gasteiger partial charge < -0.3 is 10.4 Å². The first-order valence-electron chi connectivity index (χ1n) is 9.82. The lowest BCUT2D eigenvalue weighted by Gasteiger charge is -2.12. The Morgan fingerprint density at radius 3 is 2.66 bits per heavy atom. The number of hydrogen-bond donors (Lipinski definition) is 2. The molecule has 4 aromatic rings. The van der Waals surface area contributed by atoms with Crippen LogP contribution in [0.25, 0.3) is 22.9 Å². The fourth-order valence-electron chi connectivity index (χ4n) is 3.15. The number of benzene rings is 2. The van der Waals surface area contributed by atoms with Crippen LogP contribution in [-0.2, 0) is 4.79 Å². The van der Waals surface area contributed by atoms with E-state index in [1.807, 2.05) is 55.5 Å². The maximum atomic E-state index is 12.0. The lowest BCUT2D eigenvalue weighted by Crippen LogP contribution is -2.03. The maximum Gasteiger partial charge on any atom is 0.336 e. The van der Waals surface area contributed by atoms with Crippen LogP contribution in [0, 0.1) is 6.92 Å². The number of carbonyl (C=O) groups is 1. The highest BCUT2D eigenvalue weighted by molar-refractivity contribution is 9.10. The highest BCUT2D eigenvalue weighted by Crippen LogP contribution is 2.28. The molecule has 2 heterocycles. The summed E-state index contributed by atoms with van der Waals surface area (Å²) in [6.07, 6.45) is 6.77. The molecule has 2 aromatic heterocycles. The van der Waals surface area contributed by atoms with Gasteiger partial charge in [0.15, 0.2) is 0 Å². The number of aliphatic carboxylic acids is 1. The van der Waals surface area contributed by atoms with Gasteiger partial charge in [-0.3, -0.25) is 4.98 Å². The molecule has 158 valence electrons. The molecule has 0 unspecified atom stereocenters. The van der Waals surface area contributed by atoms with Crippen molar-refractivity contribution in [2.24, 2.45) is 0 Å². The quantitative estimate of drug-likeness (QED) is 0.257. The molecule has 0 radical (unpaired) electrons. The number of anilines is 2. The molecule has 0 fully saturated rings. The van der Waals surface area contributed by atoms with Crippen molar-refractivity contribution in [1.29, 1.82) is 0 Å². The van der Waals surface area contributed by atoms with Gasteiger partial charge in [-0.25, -0.2) is 14.8 Å². The van der Waals surface area contributed by atoms with Gasteiger partial charge in [0.2, 0.25) is 5.95 Å². The predicted molar refractivity (Wildman–Crippen MR) is 129 cm³/mol. The summed E-state index contributed by atoms with van der Waals surface area (Å²) in [5, 5.41) is 13.1. The average Bonchev–Trinajstić information content (AvgIpc) is 2.81. The molecule has 0 amide bonds. The number of nitrogens with one attached hydrogen (secondary N) is 1. The molecule has 0 bridgehead atoms. The Bertz CT molecular complexity index is 1310. The summed E-state index contributed by atoms with van der Waals surface area (Å²) in [4.78, 5) is 25.0. The fraction of sp³-hybridized carbons (Fsp3) is 0.0400. The standard InChI is InChI=1S/C25H19BrN4O2/c1-16-8-9-17(20(24(31)32)13-18-5-2-3-7-21(18)26)14-23(16)30-25-28-12-10-22(29-25)19-6-4-11-27-15-19/h2-15H,1H3,(H,31,32)(H,28,29,30)/b20-13+. The van der Waals surface area contributed by atoms with Gasteiger partial charge in [0, 0.05) is 34.3 Å². The van der Waals surface area contributed by atoms with E-state index < -0.39 is 5.97 Å². The molecule has 0 atom stereocenters. The van der Waals surface area contributed by atoms with E-state index in [1.54, 1.807) is 36.8 Å². The SMILES string of the molecule is Cc1ccc(/C(=C\c2ccccc2Br)C(=O)O)cc1Nc1nccc(-c2cccnc2)n1. The number of hydrogen-bond acceptors (Lipinski definition) is 5. The van der Waals surface area contributed by atoms with Crippen molar-refractivity contribution in [1.82, 2.24) is 15.0 Å². The first kappa shape index (κ1) is 21.4. The Morgan fingerprint density at radius 2 is 1.91 bits per heavy atom. The second kappa shape index (κ2) is 9.53. The van der Waals surface area contributed by atoms with Gasteiger partial charge in [-0.1, -0.05) is 46.3 Å². The van der Waals surface area contributed by atoms with Crippen LogP contribution < -0.4 is 5.32 Å². The first-order chi connectivity index (χ1) is 15.5. The van der Waals surface area contributed by atoms with Crippen LogP contribution in [0.1, 0.15) is 16.7 Å². The summed E-state index contributed by atoms with van der Waals surface area (Å²) in [6.45, 7) is 1.94. The zero-order chi connectivity index (χ0) is 22.5. The lowest BCUT2D eigenvalue weighted by molar-refractivity contribution is -0.130. The van der Waals surface area contributed by atoms with Gasteiger partial charge in [-0.15, -0.1) is 0 Å². The summed E-state index contributed by atoms with van der Waals surface area (Å²) in [5.74, 6) is -0.594. The van der Waals surface area contributed by atoms with Crippen LogP contribution in [0.5, 0.6) is 0 Å². The molecule has 2 N–H and O–H groups in total. The second-order valence-electron chi connectivity index (χ2n) is 7.05. The zero-order valence-corrected chi connectivity index (χ0v) is 18.7. The van der Waals surface area contributed by atoms with Crippen LogP contribution in [0.15, 0.2) is 83.7 Å². The van der Waals surface area contributed by atoms with Crippen LogP contribution in [0.2, 0.25) is 0 Å². The molecule has 6 nitrogen and oxygen atoms in total. The summed E-state index contributed by atoms with van der Waals surface area (Å²) in [6, 6.07) is 18.5. The van der Waals surface area contributed by atoms with Crippen molar-refractivity contribution in [3.8, 4) is 11.3 Å². The minimum absolute atomic E-state index is 0.185. The number of carboxylic acids is 1. The normalized spacial score (nSPS) is 11.2. The van der Waals surface area contributed by atoms with Gasteiger partial charge in [-0.05, 0) is 60.0 Å². The van der Waals surface area contributed by atoms with Crippen LogP contribution in [0.3, 0.4) is 0 Å². The molecule has 7 heteroatoms. The molecule has 0 saturated heterocycles. The third-order valence-corrected chi connectivity index (χ3v) is 5.57.